The molecule has 0 saturated carbocycles. The number of nitrogens with zero attached hydrogens (tertiary/aromatic N) is 2. The van der Waals surface area contributed by atoms with Crippen molar-refractivity contribution >= 4 is 5.97 Å². The standard InChI is InChI=1S/C20H28FN3O2.C2HF3O2/c1-2-3-4-5-6-7-13-25-18-11-10-15(14-16(18)21)19-23-20(26-24-19)17-9-8-12-22-17;3-2(4,5)1(6)7/h10-11,14,17,22H,2-9,12-13H2,1H3;(H,6,7)/t17-;/m0./s1. The lowest BCUT2D eigenvalue weighted by Crippen LogP contribution is -2.21. The third-order valence-corrected chi connectivity index (χ3v) is 4.99. The van der Waals surface area contributed by atoms with Gasteiger partial charge in [0, 0.05) is 5.56 Å². The van der Waals surface area contributed by atoms with Crippen molar-refractivity contribution in [3.8, 4) is 17.1 Å². The first kappa shape index (κ1) is 26.6. The molecule has 2 aromatic rings. The maximum Gasteiger partial charge on any atom is 0.490 e. The van der Waals surface area contributed by atoms with E-state index < -0.39 is 12.1 Å². The molecule has 0 radical (unpaired) electrons. The highest BCUT2D eigenvalue weighted by Crippen LogP contribution is 2.27. The summed E-state index contributed by atoms with van der Waals surface area (Å²) in [6.45, 7) is 3.71. The van der Waals surface area contributed by atoms with Crippen LogP contribution in [0.15, 0.2) is 22.7 Å². The molecule has 0 amide bonds. The topological polar surface area (TPSA) is 97.5 Å². The number of rotatable bonds is 10. The van der Waals surface area contributed by atoms with E-state index in [1.54, 1.807) is 12.1 Å². The second-order valence-corrected chi connectivity index (χ2v) is 7.67. The molecule has 11 heteroatoms. The van der Waals surface area contributed by atoms with Crippen LogP contribution in [0.4, 0.5) is 17.6 Å². The largest absolute Gasteiger partial charge is 0.491 e. The predicted octanol–water partition coefficient (Wildman–Crippen LogP) is 5.67. The van der Waals surface area contributed by atoms with Crippen LogP contribution in [0, 0.1) is 5.82 Å². The van der Waals surface area contributed by atoms with E-state index in [-0.39, 0.29) is 17.6 Å². The molecule has 2 heterocycles. The zero-order chi connectivity index (χ0) is 24.3. The average Bonchev–Trinajstić information content (AvgIpc) is 3.46. The molecule has 1 aliphatic heterocycles. The normalized spacial score (nSPS) is 15.7. The zero-order valence-electron chi connectivity index (χ0n) is 18.5. The molecule has 33 heavy (non-hydrogen) atoms. The SMILES string of the molecule is CCCCCCCCOc1ccc(-c2noc([C@@H]3CCCN3)n2)cc1F.O=C(O)C(F)(F)F. The molecule has 1 atom stereocenters. The average molecular weight is 475 g/mol. The number of carboxylic acids is 1. The predicted molar refractivity (Wildman–Crippen MR) is 112 cm³/mol. The number of benzene rings is 1. The van der Waals surface area contributed by atoms with Crippen LogP contribution < -0.4 is 10.1 Å². The summed E-state index contributed by atoms with van der Waals surface area (Å²) in [5, 5.41) is 14.4. The number of carboxylic acid groups (broad SMARTS) is 1. The van der Waals surface area contributed by atoms with Crippen LogP contribution in [0.5, 0.6) is 5.75 Å². The lowest BCUT2D eigenvalue weighted by atomic mass is 10.1. The summed E-state index contributed by atoms with van der Waals surface area (Å²) < 4.78 is 56.9. The van der Waals surface area contributed by atoms with Crippen LogP contribution in [-0.2, 0) is 4.79 Å². The van der Waals surface area contributed by atoms with Crippen LogP contribution in [0.2, 0.25) is 0 Å². The Balaban J connectivity index is 0.000000479. The maximum absolute atomic E-state index is 14.3. The summed E-state index contributed by atoms with van der Waals surface area (Å²) in [6.07, 6.45) is 4.09. The van der Waals surface area contributed by atoms with E-state index in [0.29, 0.717) is 23.9 Å². The molecular formula is C22H29F4N3O4. The number of unbranched alkanes of at least 4 members (excludes halogenated alkanes) is 5. The zero-order valence-corrected chi connectivity index (χ0v) is 18.5. The summed E-state index contributed by atoms with van der Waals surface area (Å²) in [6, 6.07) is 4.94. The Hall–Kier alpha value is -2.69. The second-order valence-electron chi connectivity index (χ2n) is 7.67. The summed E-state index contributed by atoms with van der Waals surface area (Å²) in [4.78, 5) is 13.3. The molecule has 1 saturated heterocycles. The number of halogens is 4. The van der Waals surface area contributed by atoms with Gasteiger partial charge < -0.3 is 19.7 Å². The number of carbonyl (C=O) groups is 1. The monoisotopic (exact) mass is 475 g/mol. The Morgan fingerprint density at radius 2 is 1.94 bits per heavy atom. The third-order valence-electron chi connectivity index (χ3n) is 4.99. The fourth-order valence-corrected chi connectivity index (χ4v) is 3.21. The lowest BCUT2D eigenvalue weighted by Gasteiger charge is -2.08. The highest BCUT2D eigenvalue weighted by molar-refractivity contribution is 5.73. The quantitative estimate of drug-likeness (QED) is 0.337. The number of ether oxygens (including phenoxy) is 1. The maximum atomic E-state index is 14.3. The Morgan fingerprint density at radius 1 is 1.24 bits per heavy atom. The molecule has 7 nitrogen and oxygen atoms in total. The first-order chi connectivity index (χ1) is 15.7. The van der Waals surface area contributed by atoms with Gasteiger partial charge in [-0.05, 0) is 44.0 Å². The van der Waals surface area contributed by atoms with E-state index in [0.717, 1.165) is 32.2 Å². The molecular weight excluding hydrogens is 446 g/mol. The van der Waals surface area contributed by atoms with Crippen LogP contribution in [-0.4, -0.2) is 40.5 Å². The molecule has 1 aromatic carbocycles. The van der Waals surface area contributed by atoms with Crippen LogP contribution in [0.25, 0.3) is 11.4 Å². The Morgan fingerprint density at radius 3 is 2.55 bits per heavy atom. The van der Waals surface area contributed by atoms with E-state index in [4.69, 9.17) is 19.2 Å². The van der Waals surface area contributed by atoms with Gasteiger partial charge in [0.15, 0.2) is 11.6 Å². The molecule has 3 rings (SSSR count). The van der Waals surface area contributed by atoms with Gasteiger partial charge >= 0.3 is 12.1 Å². The second kappa shape index (κ2) is 13.1. The van der Waals surface area contributed by atoms with E-state index >= 15 is 0 Å². The first-order valence-corrected chi connectivity index (χ1v) is 11.0. The van der Waals surface area contributed by atoms with E-state index in [1.165, 1.54) is 31.7 Å². The van der Waals surface area contributed by atoms with Gasteiger partial charge in [-0.3, -0.25) is 0 Å². The smallest absolute Gasteiger partial charge is 0.490 e. The van der Waals surface area contributed by atoms with Crippen molar-refractivity contribution in [3.63, 3.8) is 0 Å². The molecule has 1 aromatic heterocycles. The minimum absolute atomic E-state index is 0.112. The number of aromatic nitrogens is 2. The van der Waals surface area contributed by atoms with Gasteiger partial charge in [-0.1, -0.05) is 44.2 Å². The Bertz CT molecular complexity index is 868. The van der Waals surface area contributed by atoms with Crippen LogP contribution >= 0.6 is 0 Å². The van der Waals surface area contributed by atoms with Crippen molar-refractivity contribution in [2.45, 2.75) is 70.5 Å². The minimum Gasteiger partial charge on any atom is -0.491 e. The molecule has 1 fully saturated rings. The van der Waals surface area contributed by atoms with E-state index in [1.807, 2.05) is 0 Å². The van der Waals surface area contributed by atoms with Crippen molar-refractivity contribution in [2.24, 2.45) is 0 Å². The van der Waals surface area contributed by atoms with Gasteiger partial charge in [-0.15, -0.1) is 0 Å². The summed E-state index contributed by atoms with van der Waals surface area (Å²) in [5.74, 6) is -1.88. The van der Waals surface area contributed by atoms with Crippen LogP contribution in [0.3, 0.4) is 0 Å². The third kappa shape index (κ3) is 8.99. The highest BCUT2D eigenvalue weighted by Gasteiger charge is 2.38. The van der Waals surface area contributed by atoms with Gasteiger partial charge in [0.2, 0.25) is 11.7 Å². The first-order valence-electron chi connectivity index (χ1n) is 11.0. The number of alkyl halides is 3. The van der Waals surface area contributed by atoms with Crippen molar-refractivity contribution < 1.29 is 36.7 Å². The summed E-state index contributed by atoms with van der Waals surface area (Å²) in [5.41, 5.74) is 0.599. The van der Waals surface area contributed by atoms with Gasteiger partial charge in [0.1, 0.15) is 0 Å². The summed E-state index contributed by atoms with van der Waals surface area (Å²) >= 11 is 0. The molecule has 0 bridgehead atoms. The fraction of sp³-hybridized carbons (Fsp3) is 0.591. The van der Waals surface area contributed by atoms with Gasteiger partial charge in [-0.2, -0.15) is 18.2 Å². The number of aliphatic carboxylic acids is 1. The number of hydrogen-bond acceptors (Lipinski definition) is 6. The van der Waals surface area contributed by atoms with Crippen molar-refractivity contribution in [3.05, 3.63) is 29.9 Å². The number of hydrogen-bond donors (Lipinski definition) is 2. The van der Waals surface area contributed by atoms with E-state index in [9.17, 15) is 17.6 Å². The molecule has 0 aliphatic carbocycles. The molecule has 0 unspecified atom stereocenters. The highest BCUT2D eigenvalue weighted by atomic mass is 19.4. The summed E-state index contributed by atoms with van der Waals surface area (Å²) in [7, 11) is 0. The van der Waals surface area contributed by atoms with E-state index in [2.05, 4.69) is 22.4 Å². The Kier molecular flexibility index (Phi) is 10.6. The van der Waals surface area contributed by atoms with Crippen LogP contribution in [0.1, 0.15) is 70.2 Å². The van der Waals surface area contributed by atoms with Gasteiger partial charge in [0.05, 0.1) is 12.6 Å². The Labute approximate surface area is 189 Å². The number of nitrogens with one attached hydrogen (secondary N) is 1. The molecule has 1 aliphatic rings. The molecule has 2 N–H and O–H groups in total. The van der Waals surface area contributed by atoms with Gasteiger partial charge in [-0.25, -0.2) is 9.18 Å². The van der Waals surface area contributed by atoms with Gasteiger partial charge in [0.25, 0.3) is 0 Å². The van der Waals surface area contributed by atoms with Crippen molar-refractivity contribution in [1.82, 2.24) is 15.5 Å². The fourth-order valence-electron chi connectivity index (χ4n) is 3.21. The van der Waals surface area contributed by atoms with Crippen molar-refractivity contribution in [1.29, 1.82) is 0 Å². The van der Waals surface area contributed by atoms with Crippen molar-refractivity contribution in [2.75, 3.05) is 13.2 Å². The minimum atomic E-state index is -5.08. The molecule has 184 valence electrons. The molecule has 0 spiro atoms. The lowest BCUT2D eigenvalue weighted by molar-refractivity contribution is -0.192.